The number of carbonyl (C=O) groups is 1. The van der Waals surface area contributed by atoms with Crippen LogP contribution in [0, 0.1) is 0 Å². The average Bonchev–Trinajstić information content (AvgIpc) is 3.08. The van der Waals surface area contributed by atoms with Crippen molar-refractivity contribution in [3.05, 3.63) is 54.4 Å². The van der Waals surface area contributed by atoms with Gasteiger partial charge in [-0.3, -0.25) is 9.87 Å². The van der Waals surface area contributed by atoms with E-state index in [1.807, 2.05) is 18.2 Å². The van der Waals surface area contributed by atoms with Crippen LogP contribution in [-0.4, -0.2) is 58.6 Å². The fraction of sp³-hybridized carbons (Fsp3) is 0.263. The van der Waals surface area contributed by atoms with Gasteiger partial charge in [-0.25, -0.2) is 14.0 Å². The maximum absolute atomic E-state index is 12.9. The van der Waals surface area contributed by atoms with E-state index in [-0.39, 0.29) is 12.4 Å². The Kier molecular flexibility index (Phi) is 7.38. The minimum absolute atomic E-state index is 0.0681. The third-order valence-electron chi connectivity index (χ3n) is 4.34. The van der Waals surface area contributed by atoms with Crippen LogP contribution >= 0.6 is 0 Å². The Morgan fingerprint density at radius 3 is 2.58 bits per heavy atom. The molecule has 0 saturated carbocycles. The Balaban J connectivity index is 1.88. The van der Waals surface area contributed by atoms with Crippen LogP contribution in [0.2, 0.25) is 0 Å². The molecule has 3 rings (SSSR count). The van der Waals surface area contributed by atoms with Crippen molar-refractivity contribution in [2.45, 2.75) is 16.2 Å². The van der Waals surface area contributed by atoms with Crippen molar-refractivity contribution < 1.29 is 26.7 Å². The second kappa shape index (κ2) is 10.0. The monoisotopic (exact) mass is 466 g/mol. The average molecular weight is 467 g/mol. The van der Waals surface area contributed by atoms with E-state index in [0.29, 0.717) is 34.1 Å². The second-order valence-corrected chi connectivity index (χ2v) is 9.54. The minimum atomic E-state index is -4.05. The predicted molar refractivity (Wildman–Crippen MR) is 115 cm³/mol. The number of nitrogens with zero attached hydrogens (tertiary/aromatic N) is 2. The first-order chi connectivity index (χ1) is 14.8. The highest BCUT2D eigenvalue weighted by molar-refractivity contribution is 7.85. The van der Waals surface area contributed by atoms with E-state index < -0.39 is 32.8 Å². The maximum Gasteiger partial charge on any atom is 0.412 e. The van der Waals surface area contributed by atoms with Crippen LogP contribution in [0.1, 0.15) is 5.69 Å². The van der Waals surface area contributed by atoms with Gasteiger partial charge in [-0.2, -0.15) is 8.42 Å². The Morgan fingerprint density at radius 2 is 1.90 bits per heavy atom. The van der Waals surface area contributed by atoms with Gasteiger partial charge < -0.3 is 14.5 Å². The van der Waals surface area contributed by atoms with E-state index in [1.54, 1.807) is 34.9 Å². The van der Waals surface area contributed by atoms with Crippen LogP contribution in [0.4, 0.5) is 10.6 Å². The Hall–Kier alpha value is -2.80. The topological polar surface area (TPSA) is 139 Å². The smallest absolute Gasteiger partial charge is 0.412 e. The lowest BCUT2D eigenvalue weighted by Crippen LogP contribution is -2.25. The summed E-state index contributed by atoms with van der Waals surface area (Å²) in [5, 5.41) is 5.48. The van der Waals surface area contributed by atoms with Gasteiger partial charge in [-0.1, -0.05) is 18.2 Å². The summed E-state index contributed by atoms with van der Waals surface area (Å²) in [5.41, 5.74) is 1.15. The number of rotatable bonds is 9. The molecule has 1 unspecified atom stereocenters. The molecule has 0 fully saturated rings. The molecule has 2 heterocycles. The highest BCUT2D eigenvalue weighted by Gasteiger charge is 2.17. The number of aromatic nitrogens is 2. The first kappa shape index (κ1) is 22.9. The number of anilines is 1. The highest BCUT2D eigenvalue weighted by Crippen LogP contribution is 2.22. The standard InChI is InChI=1S/C19H22N4O6S2/c1-29-19(24)22-18-16(9-10-20-11-12-31(26,27)28)23-13-15(7-8-17(23)21-18)30(25)14-5-3-2-4-6-14/h2-8,13,20H,9-12H2,1H3,(H,22,24)(H,26,27,28). The number of carbonyl (C=O) groups excluding carboxylic acids is 1. The third kappa shape index (κ3) is 6.10. The van der Waals surface area contributed by atoms with E-state index >= 15 is 0 Å². The van der Waals surface area contributed by atoms with Crippen molar-refractivity contribution in [2.75, 3.05) is 31.3 Å². The van der Waals surface area contributed by atoms with E-state index in [2.05, 4.69) is 20.4 Å². The summed E-state index contributed by atoms with van der Waals surface area (Å²) in [6.45, 7) is 0.420. The van der Waals surface area contributed by atoms with Crippen LogP contribution in [0.5, 0.6) is 0 Å². The summed E-state index contributed by atoms with van der Waals surface area (Å²) >= 11 is 0. The Morgan fingerprint density at radius 1 is 1.16 bits per heavy atom. The van der Waals surface area contributed by atoms with Crippen LogP contribution in [0.3, 0.4) is 0 Å². The van der Waals surface area contributed by atoms with Crippen molar-refractivity contribution in [3.63, 3.8) is 0 Å². The van der Waals surface area contributed by atoms with Gasteiger partial charge in [-0.15, -0.1) is 0 Å². The molecule has 0 spiro atoms. The lowest BCUT2D eigenvalue weighted by molar-refractivity contribution is 0.187. The summed E-state index contributed by atoms with van der Waals surface area (Å²) in [5.74, 6) is -0.126. The molecule has 0 aliphatic rings. The van der Waals surface area contributed by atoms with E-state index in [9.17, 15) is 17.4 Å². The lowest BCUT2D eigenvalue weighted by Gasteiger charge is -2.08. The molecular formula is C19H22N4O6S2. The quantitative estimate of drug-likeness (QED) is 0.320. The number of fused-ring (bicyclic) bond motifs is 1. The zero-order valence-corrected chi connectivity index (χ0v) is 18.3. The van der Waals surface area contributed by atoms with Crippen molar-refractivity contribution in [2.24, 2.45) is 0 Å². The zero-order valence-electron chi connectivity index (χ0n) is 16.6. The van der Waals surface area contributed by atoms with E-state index in [1.165, 1.54) is 7.11 Å². The first-order valence-electron chi connectivity index (χ1n) is 9.27. The molecule has 12 heteroatoms. The number of imidazole rings is 1. The van der Waals surface area contributed by atoms with E-state index in [4.69, 9.17) is 4.55 Å². The SMILES string of the molecule is COC(=O)Nc1nc2ccc(S(=O)c3ccccc3)cn2c1CCNCCS(=O)(=O)O. The molecule has 0 saturated heterocycles. The van der Waals surface area contributed by atoms with Crippen molar-refractivity contribution in [3.8, 4) is 0 Å². The number of hydrogen-bond acceptors (Lipinski definition) is 7. The normalized spacial score (nSPS) is 12.6. The van der Waals surface area contributed by atoms with Gasteiger partial charge in [0.05, 0.1) is 34.3 Å². The number of hydrogen-bond donors (Lipinski definition) is 3. The van der Waals surface area contributed by atoms with Crippen LogP contribution in [-0.2, 0) is 32.1 Å². The second-order valence-electron chi connectivity index (χ2n) is 6.48. The molecule has 0 radical (unpaired) electrons. The molecule has 166 valence electrons. The molecule has 0 aliphatic carbocycles. The number of pyridine rings is 1. The summed E-state index contributed by atoms with van der Waals surface area (Å²) in [7, 11) is -4.21. The molecule has 1 aromatic carbocycles. The molecule has 10 nitrogen and oxygen atoms in total. The summed E-state index contributed by atoms with van der Waals surface area (Å²) in [4.78, 5) is 17.3. The van der Waals surface area contributed by atoms with Gasteiger partial charge in [0.2, 0.25) is 0 Å². The third-order valence-corrected chi connectivity index (χ3v) is 6.43. The predicted octanol–water partition coefficient (Wildman–Crippen LogP) is 1.70. The van der Waals surface area contributed by atoms with Crippen LogP contribution in [0.15, 0.2) is 58.5 Å². The number of methoxy groups -OCH3 is 1. The summed E-state index contributed by atoms with van der Waals surface area (Å²) < 4.78 is 49.8. The maximum atomic E-state index is 12.9. The molecule has 2 aromatic heterocycles. The van der Waals surface area contributed by atoms with Gasteiger partial charge in [-0.05, 0) is 24.3 Å². The first-order valence-corrected chi connectivity index (χ1v) is 12.0. The zero-order chi connectivity index (χ0) is 22.4. The van der Waals surface area contributed by atoms with Gasteiger partial charge in [0.15, 0.2) is 5.82 Å². The lowest BCUT2D eigenvalue weighted by atomic mass is 10.3. The Bertz CT molecular complexity index is 1190. The molecule has 3 N–H and O–H groups in total. The number of nitrogens with one attached hydrogen (secondary N) is 2. The number of ether oxygens (including phenoxy) is 1. The Labute approximate surface area is 181 Å². The molecule has 1 atom stereocenters. The van der Waals surface area contributed by atoms with Crippen molar-refractivity contribution in [1.82, 2.24) is 14.7 Å². The molecule has 0 bridgehead atoms. The van der Waals surface area contributed by atoms with Gasteiger partial charge >= 0.3 is 6.09 Å². The largest absolute Gasteiger partial charge is 0.453 e. The van der Waals surface area contributed by atoms with Crippen LogP contribution in [0.25, 0.3) is 5.65 Å². The molecule has 0 aliphatic heterocycles. The van der Waals surface area contributed by atoms with E-state index in [0.717, 1.165) is 0 Å². The fourth-order valence-electron chi connectivity index (χ4n) is 2.88. The number of amides is 1. The van der Waals surface area contributed by atoms with Crippen molar-refractivity contribution >= 4 is 38.5 Å². The molecule has 31 heavy (non-hydrogen) atoms. The summed E-state index contributed by atoms with van der Waals surface area (Å²) in [6, 6.07) is 12.4. The van der Waals surface area contributed by atoms with Crippen molar-refractivity contribution in [1.29, 1.82) is 0 Å². The number of benzene rings is 1. The minimum Gasteiger partial charge on any atom is -0.453 e. The van der Waals surface area contributed by atoms with Gasteiger partial charge in [0.1, 0.15) is 5.65 Å². The van der Waals surface area contributed by atoms with Gasteiger partial charge in [0.25, 0.3) is 10.1 Å². The molecule has 3 aromatic rings. The van der Waals surface area contributed by atoms with Crippen LogP contribution < -0.4 is 10.6 Å². The molecular weight excluding hydrogens is 444 g/mol. The highest BCUT2D eigenvalue weighted by atomic mass is 32.2. The van der Waals surface area contributed by atoms with Gasteiger partial charge in [0, 0.05) is 30.6 Å². The summed E-state index contributed by atoms with van der Waals surface area (Å²) in [6.07, 6.45) is 1.38. The molecule has 1 amide bonds. The fourth-order valence-corrected chi connectivity index (χ4v) is 4.35.